The minimum Gasteiger partial charge on any atom is -0.489 e. The fraction of sp³-hybridized carbons (Fsp3) is 0.273. The number of imidazole rings is 1. The number of aromatic nitrogens is 2. The molecule has 0 fully saturated rings. The Morgan fingerprint density at radius 2 is 2.04 bits per heavy atom. The molecule has 2 aromatic carbocycles. The van der Waals surface area contributed by atoms with E-state index in [1.54, 1.807) is 42.6 Å². The van der Waals surface area contributed by atoms with Crippen molar-refractivity contribution in [3.8, 4) is 5.75 Å². The maximum Gasteiger partial charge on any atom is 0.251 e. The summed E-state index contributed by atoms with van der Waals surface area (Å²) in [5.41, 5.74) is 1.41. The summed E-state index contributed by atoms with van der Waals surface area (Å²) < 4.78 is 20.7. The fourth-order valence-corrected chi connectivity index (χ4v) is 2.84. The van der Waals surface area contributed by atoms with Crippen molar-refractivity contribution in [3.05, 3.63) is 83.7 Å². The number of nitrogens with one attached hydrogen (secondary N) is 1. The molecule has 6 heteroatoms. The molecule has 0 aliphatic carbocycles. The van der Waals surface area contributed by atoms with E-state index in [4.69, 9.17) is 4.74 Å². The van der Waals surface area contributed by atoms with E-state index in [0.717, 1.165) is 17.9 Å². The van der Waals surface area contributed by atoms with Gasteiger partial charge in [-0.2, -0.15) is 0 Å². The van der Waals surface area contributed by atoms with Crippen LogP contribution in [0.5, 0.6) is 5.75 Å². The molecule has 1 unspecified atom stereocenters. The zero-order valence-corrected chi connectivity index (χ0v) is 16.1. The summed E-state index contributed by atoms with van der Waals surface area (Å²) in [5, 5.41) is 2.97. The maximum atomic E-state index is 13.0. The Morgan fingerprint density at radius 1 is 1.25 bits per heavy atom. The average Bonchev–Trinajstić information content (AvgIpc) is 3.10. The molecule has 28 heavy (non-hydrogen) atoms. The second-order valence-corrected chi connectivity index (χ2v) is 6.88. The topological polar surface area (TPSA) is 56.2 Å². The third kappa shape index (κ3) is 5.42. The number of rotatable bonds is 8. The molecule has 3 rings (SSSR count). The van der Waals surface area contributed by atoms with Crippen LogP contribution in [0.25, 0.3) is 0 Å². The van der Waals surface area contributed by atoms with E-state index in [9.17, 15) is 9.18 Å². The number of amides is 1. The first-order valence-corrected chi connectivity index (χ1v) is 9.24. The lowest BCUT2D eigenvalue weighted by molar-refractivity contribution is 0.0946. The Bertz CT molecular complexity index is 922. The van der Waals surface area contributed by atoms with Gasteiger partial charge in [0.25, 0.3) is 5.91 Å². The second-order valence-electron chi connectivity index (χ2n) is 6.88. The molecular weight excluding hydrogens is 357 g/mol. The fourth-order valence-electron chi connectivity index (χ4n) is 2.84. The minimum atomic E-state index is -0.278. The molecule has 0 bridgehead atoms. The van der Waals surface area contributed by atoms with Crippen LogP contribution in [0.4, 0.5) is 4.39 Å². The number of ether oxygens (including phenoxy) is 1. The van der Waals surface area contributed by atoms with E-state index < -0.39 is 0 Å². The van der Waals surface area contributed by atoms with Gasteiger partial charge in [0.15, 0.2) is 0 Å². The van der Waals surface area contributed by atoms with Crippen molar-refractivity contribution in [2.45, 2.75) is 27.0 Å². The molecule has 1 aromatic heterocycles. The van der Waals surface area contributed by atoms with Crippen LogP contribution in [0.1, 0.15) is 28.7 Å². The monoisotopic (exact) mass is 381 g/mol. The van der Waals surface area contributed by atoms with Crippen LogP contribution in [0, 0.1) is 18.7 Å². The van der Waals surface area contributed by atoms with Crippen molar-refractivity contribution in [3.63, 3.8) is 0 Å². The summed E-state index contributed by atoms with van der Waals surface area (Å²) in [6.45, 7) is 5.72. The summed E-state index contributed by atoms with van der Waals surface area (Å²) in [6, 6.07) is 13.2. The first kappa shape index (κ1) is 19.6. The number of nitrogens with zero attached hydrogens (tertiary/aromatic N) is 2. The van der Waals surface area contributed by atoms with E-state index in [1.807, 2.05) is 13.1 Å². The van der Waals surface area contributed by atoms with Gasteiger partial charge in [-0.25, -0.2) is 9.37 Å². The van der Waals surface area contributed by atoms with Gasteiger partial charge in [-0.15, -0.1) is 0 Å². The van der Waals surface area contributed by atoms with Gasteiger partial charge in [0.2, 0.25) is 0 Å². The molecule has 0 spiro atoms. The van der Waals surface area contributed by atoms with Gasteiger partial charge in [0.05, 0.1) is 0 Å². The first-order valence-electron chi connectivity index (χ1n) is 9.24. The SMILES string of the molecule is Cc1nccn1CC(C)CNC(=O)c1cccc(OCc2ccc(F)cc2)c1. The Labute approximate surface area is 164 Å². The van der Waals surface area contributed by atoms with E-state index in [1.165, 1.54) is 12.1 Å². The molecule has 0 saturated carbocycles. The van der Waals surface area contributed by atoms with Crippen molar-refractivity contribution in [1.82, 2.24) is 14.9 Å². The van der Waals surface area contributed by atoms with Crippen LogP contribution in [-0.2, 0) is 13.2 Å². The summed E-state index contributed by atoms with van der Waals surface area (Å²) >= 11 is 0. The van der Waals surface area contributed by atoms with Crippen LogP contribution >= 0.6 is 0 Å². The molecular formula is C22H24FN3O2. The number of hydrogen-bond acceptors (Lipinski definition) is 3. The lowest BCUT2D eigenvalue weighted by Gasteiger charge is -2.15. The number of aryl methyl sites for hydroxylation is 1. The molecule has 1 heterocycles. The van der Waals surface area contributed by atoms with Gasteiger partial charge < -0.3 is 14.6 Å². The lowest BCUT2D eigenvalue weighted by atomic mass is 10.1. The number of halogens is 1. The number of carbonyl (C=O) groups is 1. The Balaban J connectivity index is 1.51. The maximum absolute atomic E-state index is 13.0. The summed E-state index contributed by atoms with van der Waals surface area (Å²) in [4.78, 5) is 16.7. The predicted molar refractivity (Wildman–Crippen MR) is 106 cm³/mol. The van der Waals surface area contributed by atoms with E-state index in [2.05, 4.69) is 21.8 Å². The predicted octanol–water partition coefficient (Wildman–Crippen LogP) is 3.98. The van der Waals surface area contributed by atoms with E-state index in [0.29, 0.717) is 24.5 Å². The van der Waals surface area contributed by atoms with Crippen molar-refractivity contribution in [2.24, 2.45) is 5.92 Å². The van der Waals surface area contributed by atoms with Crippen LogP contribution in [-0.4, -0.2) is 22.0 Å². The van der Waals surface area contributed by atoms with Gasteiger partial charge in [0, 0.05) is 31.0 Å². The van der Waals surface area contributed by atoms with Crippen LogP contribution in [0.2, 0.25) is 0 Å². The first-order chi connectivity index (χ1) is 13.5. The van der Waals surface area contributed by atoms with E-state index >= 15 is 0 Å². The lowest BCUT2D eigenvalue weighted by Crippen LogP contribution is -2.30. The second kappa shape index (κ2) is 9.17. The van der Waals surface area contributed by atoms with Gasteiger partial charge in [0.1, 0.15) is 24.0 Å². The van der Waals surface area contributed by atoms with E-state index in [-0.39, 0.29) is 17.6 Å². The molecule has 5 nitrogen and oxygen atoms in total. The highest BCUT2D eigenvalue weighted by Crippen LogP contribution is 2.16. The third-order valence-corrected chi connectivity index (χ3v) is 4.46. The summed E-state index contributed by atoms with van der Waals surface area (Å²) in [6.07, 6.45) is 3.72. The van der Waals surface area contributed by atoms with Gasteiger partial charge in [-0.05, 0) is 48.7 Å². The van der Waals surface area contributed by atoms with Crippen LogP contribution < -0.4 is 10.1 Å². The van der Waals surface area contributed by atoms with Crippen molar-refractivity contribution < 1.29 is 13.9 Å². The molecule has 0 radical (unpaired) electrons. The number of carbonyl (C=O) groups excluding carboxylic acids is 1. The zero-order valence-electron chi connectivity index (χ0n) is 16.1. The highest BCUT2D eigenvalue weighted by atomic mass is 19.1. The third-order valence-electron chi connectivity index (χ3n) is 4.46. The number of hydrogen-bond donors (Lipinski definition) is 1. The summed E-state index contributed by atoms with van der Waals surface area (Å²) in [5.74, 6) is 1.42. The normalized spacial score (nSPS) is 11.8. The molecule has 1 N–H and O–H groups in total. The zero-order chi connectivity index (χ0) is 19.9. The quantitative estimate of drug-likeness (QED) is 0.642. The number of benzene rings is 2. The standard InChI is InChI=1S/C22H24FN3O2/c1-16(14-26-11-10-24-17(26)2)13-25-22(27)19-4-3-5-21(12-19)28-15-18-6-8-20(23)9-7-18/h3-12,16H,13-15H2,1-2H3,(H,25,27). The average molecular weight is 381 g/mol. The molecule has 1 atom stereocenters. The van der Waals surface area contributed by atoms with Crippen LogP contribution in [0.3, 0.4) is 0 Å². The molecule has 0 saturated heterocycles. The smallest absolute Gasteiger partial charge is 0.251 e. The summed E-state index contributed by atoms with van der Waals surface area (Å²) in [7, 11) is 0. The van der Waals surface area contributed by atoms with Crippen LogP contribution in [0.15, 0.2) is 60.9 Å². The Kier molecular flexibility index (Phi) is 6.42. The molecule has 0 aliphatic heterocycles. The van der Waals surface area contributed by atoms with Crippen molar-refractivity contribution in [1.29, 1.82) is 0 Å². The molecule has 3 aromatic rings. The highest BCUT2D eigenvalue weighted by molar-refractivity contribution is 5.94. The molecule has 146 valence electrons. The van der Waals surface area contributed by atoms with Gasteiger partial charge >= 0.3 is 0 Å². The van der Waals surface area contributed by atoms with Crippen molar-refractivity contribution >= 4 is 5.91 Å². The highest BCUT2D eigenvalue weighted by Gasteiger charge is 2.10. The van der Waals surface area contributed by atoms with Gasteiger partial charge in [-0.3, -0.25) is 4.79 Å². The molecule has 0 aliphatic rings. The Morgan fingerprint density at radius 3 is 2.75 bits per heavy atom. The minimum absolute atomic E-state index is 0.138. The van der Waals surface area contributed by atoms with Gasteiger partial charge in [-0.1, -0.05) is 25.1 Å². The van der Waals surface area contributed by atoms with Crippen molar-refractivity contribution in [2.75, 3.05) is 6.54 Å². The largest absolute Gasteiger partial charge is 0.489 e. The molecule has 1 amide bonds. The Hall–Kier alpha value is -3.15.